The van der Waals surface area contributed by atoms with Gasteiger partial charge < -0.3 is 10.2 Å². The molecule has 0 saturated heterocycles. The number of benzene rings is 1. The molecule has 0 amide bonds. The molecular weight excluding hydrogens is 200 g/mol. The molecule has 0 atom stereocenters. The molecule has 0 radical (unpaired) electrons. The first-order valence-electron chi connectivity index (χ1n) is 5.47. The topological polar surface area (TPSA) is 40.5 Å². The lowest BCUT2D eigenvalue weighted by Gasteiger charge is -2.17. The standard InChI is InChI=1S/C14H16O2/c1-9-3-5-11(15)7-13(9)14-8-12(16)6-4-10(14)2/h3,5,7-8,15-16H,4,6H2,1-2H3. The average molecular weight is 216 g/mol. The van der Waals surface area contributed by atoms with Crippen LogP contribution in [0.25, 0.3) is 5.57 Å². The van der Waals surface area contributed by atoms with Crippen LogP contribution < -0.4 is 0 Å². The minimum Gasteiger partial charge on any atom is -0.512 e. The highest BCUT2D eigenvalue weighted by Crippen LogP contribution is 2.32. The molecule has 0 aromatic heterocycles. The van der Waals surface area contributed by atoms with Crippen molar-refractivity contribution in [3.63, 3.8) is 0 Å². The van der Waals surface area contributed by atoms with Crippen LogP contribution >= 0.6 is 0 Å². The van der Waals surface area contributed by atoms with E-state index in [1.165, 1.54) is 5.57 Å². The molecule has 16 heavy (non-hydrogen) atoms. The third-order valence-electron chi connectivity index (χ3n) is 3.04. The third kappa shape index (κ3) is 1.96. The summed E-state index contributed by atoms with van der Waals surface area (Å²) >= 11 is 0. The summed E-state index contributed by atoms with van der Waals surface area (Å²) in [6.07, 6.45) is 3.40. The lowest BCUT2D eigenvalue weighted by Crippen LogP contribution is -1.98. The maximum absolute atomic E-state index is 9.58. The summed E-state index contributed by atoms with van der Waals surface area (Å²) in [5, 5.41) is 19.1. The van der Waals surface area contributed by atoms with E-state index in [0.29, 0.717) is 12.2 Å². The molecule has 0 heterocycles. The zero-order chi connectivity index (χ0) is 11.7. The van der Waals surface area contributed by atoms with Crippen molar-refractivity contribution < 1.29 is 10.2 Å². The van der Waals surface area contributed by atoms with Crippen LogP contribution in [0.15, 0.2) is 35.6 Å². The van der Waals surface area contributed by atoms with Gasteiger partial charge in [-0.3, -0.25) is 0 Å². The average Bonchev–Trinajstić information content (AvgIpc) is 2.25. The summed E-state index contributed by atoms with van der Waals surface area (Å²) < 4.78 is 0. The Balaban J connectivity index is 2.55. The Hall–Kier alpha value is -1.70. The fourth-order valence-corrected chi connectivity index (χ4v) is 2.02. The summed E-state index contributed by atoms with van der Waals surface area (Å²) in [5.74, 6) is 0.683. The van der Waals surface area contributed by atoms with Crippen molar-refractivity contribution in [3.8, 4) is 5.75 Å². The maximum atomic E-state index is 9.58. The van der Waals surface area contributed by atoms with Gasteiger partial charge in [0.2, 0.25) is 0 Å². The molecule has 0 spiro atoms. The molecule has 0 unspecified atom stereocenters. The Morgan fingerprint density at radius 2 is 1.81 bits per heavy atom. The zero-order valence-corrected chi connectivity index (χ0v) is 9.62. The molecular formula is C14H16O2. The van der Waals surface area contributed by atoms with Gasteiger partial charge in [0.25, 0.3) is 0 Å². The second-order valence-corrected chi connectivity index (χ2v) is 4.33. The Morgan fingerprint density at radius 3 is 2.56 bits per heavy atom. The van der Waals surface area contributed by atoms with Gasteiger partial charge in [0.15, 0.2) is 0 Å². The van der Waals surface area contributed by atoms with Crippen LogP contribution in [0.4, 0.5) is 0 Å². The summed E-state index contributed by atoms with van der Waals surface area (Å²) in [6, 6.07) is 5.33. The fourth-order valence-electron chi connectivity index (χ4n) is 2.02. The van der Waals surface area contributed by atoms with Crippen LogP contribution in [0.1, 0.15) is 30.9 Å². The van der Waals surface area contributed by atoms with E-state index in [0.717, 1.165) is 23.1 Å². The lowest BCUT2D eigenvalue weighted by molar-refractivity contribution is 0.386. The molecule has 0 bridgehead atoms. The van der Waals surface area contributed by atoms with Crippen molar-refractivity contribution in [2.45, 2.75) is 26.7 Å². The van der Waals surface area contributed by atoms with E-state index in [4.69, 9.17) is 0 Å². The van der Waals surface area contributed by atoms with Gasteiger partial charge in [-0.2, -0.15) is 0 Å². The smallest absolute Gasteiger partial charge is 0.116 e. The van der Waals surface area contributed by atoms with Crippen LogP contribution in [-0.2, 0) is 0 Å². The molecule has 2 nitrogen and oxygen atoms in total. The van der Waals surface area contributed by atoms with Gasteiger partial charge in [0.05, 0.1) is 5.76 Å². The second-order valence-electron chi connectivity index (χ2n) is 4.33. The first-order valence-corrected chi connectivity index (χ1v) is 5.47. The summed E-state index contributed by atoms with van der Waals surface area (Å²) in [4.78, 5) is 0. The molecule has 0 fully saturated rings. The predicted octanol–water partition coefficient (Wildman–Crippen LogP) is 3.71. The van der Waals surface area contributed by atoms with Gasteiger partial charge in [0.1, 0.15) is 5.75 Å². The molecule has 84 valence electrons. The molecule has 1 aliphatic carbocycles. The minimum absolute atomic E-state index is 0.263. The lowest BCUT2D eigenvalue weighted by atomic mass is 9.90. The van der Waals surface area contributed by atoms with Gasteiger partial charge in [-0.1, -0.05) is 11.6 Å². The van der Waals surface area contributed by atoms with Gasteiger partial charge in [0, 0.05) is 6.42 Å². The van der Waals surface area contributed by atoms with Crippen molar-refractivity contribution in [3.05, 3.63) is 46.7 Å². The van der Waals surface area contributed by atoms with Crippen molar-refractivity contribution in [1.82, 2.24) is 0 Å². The number of aryl methyl sites for hydroxylation is 1. The monoisotopic (exact) mass is 216 g/mol. The van der Waals surface area contributed by atoms with Crippen molar-refractivity contribution in [1.29, 1.82) is 0 Å². The number of allylic oxidation sites excluding steroid dienone is 4. The van der Waals surface area contributed by atoms with Crippen molar-refractivity contribution in [2.24, 2.45) is 0 Å². The van der Waals surface area contributed by atoms with Gasteiger partial charge in [-0.05, 0) is 55.2 Å². The number of aromatic hydroxyl groups is 1. The highest BCUT2D eigenvalue weighted by atomic mass is 16.3. The SMILES string of the molecule is CC1=C(c2cc(O)ccc2C)C=C(O)CC1. The zero-order valence-electron chi connectivity index (χ0n) is 9.62. The third-order valence-corrected chi connectivity index (χ3v) is 3.04. The highest BCUT2D eigenvalue weighted by Gasteiger charge is 2.13. The van der Waals surface area contributed by atoms with Crippen LogP contribution in [0.3, 0.4) is 0 Å². The largest absolute Gasteiger partial charge is 0.512 e. The van der Waals surface area contributed by atoms with E-state index in [1.54, 1.807) is 18.2 Å². The van der Waals surface area contributed by atoms with Crippen LogP contribution in [0, 0.1) is 6.92 Å². The summed E-state index contributed by atoms with van der Waals surface area (Å²) in [7, 11) is 0. The Morgan fingerprint density at radius 1 is 1.06 bits per heavy atom. The highest BCUT2D eigenvalue weighted by molar-refractivity contribution is 5.80. The molecule has 2 heteroatoms. The first-order chi connectivity index (χ1) is 7.58. The number of phenols is 1. The fraction of sp³-hybridized carbons (Fsp3) is 0.286. The van der Waals surface area contributed by atoms with E-state index in [2.05, 4.69) is 6.92 Å². The molecule has 2 N–H and O–H groups in total. The van der Waals surface area contributed by atoms with E-state index in [-0.39, 0.29) is 5.75 Å². The van der Waals surface area contributed by atoms with Crippen LogP contribution in [-0.4, -0.2) is 10.2 Å². The van der Waals surface area contributed by atoms with E-state index < -0.39 is 0 Å². The summed E-state index contributed by atoms with van der Waals surface area (Å²) in [6.45, 7) is 4.08. The number of aliphatic hydroxyl groups excluding tert-OH is 1. The van der Waals surface area contributed by atoms with Gasteiger partial charge in [-0.25, -0.2) is 0 Å². The molecule has 0 aliphatic heterocycles. The molecule has 1 aromatic carbocycles. The number of rotatable bonds is 1. The summed E-state index contributed by atoms with van der Waals surface area (Å²) in [5.41, 5.74) is 4.41. The van der Waals surface area contributed by atoms with E-state index in [1.807, 2.05) is 13.0 Å². The number of hydrogen-bond acceptors (Lipinski definition) is 2. The van der Waals surface area contributed by atoms with Crippen molar-refractivity contribution >= 4 is 5.57 Å². The maximum Gasteiger partial charge on any atom is 0.116 e. The quantitative estimate of drug-likeness (QED) is 0.751. The molecule has 0 saturated carbocycles. The number of hydrogen-bond donors (Lipinski definition) is 2. The molecule has 1 aromatic rings. The van der Waals surface area contributed by atoms with E-state index >= 15 is 0 Å². The normalized spacial score (nSPS) is 16.2. The van der Waals surface area contributed by atoms with Gasteiger partial charge >= 0.3 is 0 Å². The molecule has 2 rings (SSSR count). The minimum atomic E-state index is 0.263. The Labute approximate surface area is 95.6 Å². The Bertz CT molecular complexity index is 482. The van der Waals surface area contributed by atoms with E-state index in [9.17, 15) is 10.2 Å². The predicted molar refractivity (Wildman–Crippen MR) is 65.4 cm³/mol. The van der Waals surface area contributed by atoms with Crippen LogP contribution in [0.5, 0.6) is 5.75 Å². The van der Waals surface area contributed by atoms with Crippen molar-refractivity contribution in [2.75, 3.05) is 0 Å². The first kappa shape index (κ1) is 10.8. The number of aliphatic hydroxyl groups is 1. The second kappa shape index (κ2) is 4.05. The number of phenolic OH excluding ortho intramolecular Hbond substituents is 1. The molecule has 1 aliphatic rings. The van der Waals surface area contributed by atoms with Gasteiger partial charge in [-0.15, -0.1) is 0 Å². The van der Waals surface area contributed by atoms with Crippen LogP contribution in [0.2, 0.25) is 0 Å². The Kier molecular flexibility index (Phi) is 2.73.